The molecule has 1 amide bonds. The molecule has 2 aliphatic heterocycles. The zero-order valence-electron chi connectivity index (χ0n) is 13.9. The largest absolute Gasteiger partial charge is 0.376 e. The number of hydrogen-bond acceptors (Lipinski definition) is 4. The van der Waals surface area contributed by atoms with Gasteiger partial charge in [-0.1, -0.05) is 30.3 Å². The van der Waals surface area contributed by atoms with Crippen LogP contribution in [0.4, 0.5) is 0 Å². The summed E-state index contributed by atoms with van der Waals surface area (Å²) in [6.45, 7) is 6.84. The number of primary amides is 1. The van der Waals surface area contributed by atoms with Crippen molar-refractivity contribution >= 4 is 5.91 Å². The first-order valence-electron chi connectivity index (χ1n) is 8.59. The summed E-state index contributed by atoms with van der Waals surface area (Å²) in [5.41, 5.74) is 6.69. The van der Waals surface area contributed by atoms with Gasteiger partial charge in [-0.3, -0.25) is 14.6 Å². The van der Waals surface area contributed by atoms with Gasteiger partial charge < -0.3 is 10.5 Å². The molecule has 5 nitrogen and oxygen atoms in total. The average Bonchev–Trinajstić information content (AvgIpc) is 2.56. The highest BCUT2D eigenvalue weighted by Gasteiger charge is 2.32. The number of hydrogen-bond donors (Lipinski definition) is 1. The van der Waals surface area contributed by atoms with Gasteiger partial charge in [0.15, 0.2) is 0 Å². The molecule has 0 aromatic heterocycles. The van der Waals surface area contributed by atoms with Crippen LogP contribution in [0.2, 0.25) is 0 Å². The molecule has 5 heteroatoms. The Bertz CT molecular complexity index is 514. The molecular weight excluding hydrogens is 290 g/mol. The second kappa shape index (κ2) is 7.43. The van der Waals surface area contributed by atoms with E-state index in [0.29, 0.717) is 12.1 Å². The number of amides is 1. The number of nitrogens with two attached hydrogens (primary N) is 1. The lowest BCUT2D eigenvalue weighted by molar-refractivity contribution is -0.124. The van der Waals surface area contributed by atoms with Crippen molar-refractivity contribution in [2.45, 2.75) is 38.0 Å². The fraction of sp³-hybridized carbons (Fsp3) is 0.611. The van der Waals surface area contributed by atoms with E-state index in [1.807, 2.05) is 30.3 Å². The minimum Gasteiger partial charge on any atom is -0.376 e. The van der Waals surface area contributed by atoms with E-state index < -0.39 is 0 Å². The minimum atomic E-state index is -0.305. The Kier molecular flexibility index (Phi) is 5.30. The standard InChI is InChI=1S/C18H27N3O2/c1-14-13-21(11-12-23-14)16-7-9-20(10-8-16)17(18(19)22)15-5-3-2-4-6-15/h2-6,14,16-17H,7-13H2,1H3,(H2,19,22)/t14-,17-/m0/s1. The lowest BCUT2D eigenvalue weighted by Gasteiger charge is -2.43. The van der Waals surface area contributed by atoms with Crippen molar-refractivity contribution in [3.63, 3.8) is 0 Å². The van der Waals surface area contributed by atoms with E-state index in [4.69, 9.17) is 10.5 Å². The van der Waals surface area contributed by atoms with Crippen molar-refractivity contribution in [2.24, 2.45) is 5.73 Å². The van der Waals surface area contributed by atoms with Crippen LogP contribution in [0.1, 0.15) is 31.4 Å². The molecule has 1 aromatic carbocycles. The fourth-order valence-electron chi connectivity index (χ4n) is 3.88. The van der Waals surface area contributed by atoms with Crippen molar-refractivity contribution in [3.05, 3.63) is 35.9 Å². The molecule has 0 unspecified atom stereocenters. The molecule has 3 rings (SSSR count). The number of carbonyl (C=O) groups is 1. The van der Waals surface area contributed by atoms with Crippen molar-refractivity contribution in [3.8, 4) is 0 Å². The molecule has 2 saturated heterocycles. The van der Waals surface area contributed by atoms with E-state index >= 15 is 0 Å². The number of nitrogens with zero attached hydrogens (tertiary/aromatic N) is 2. The molecule has 2 N–H and O–H groups in total. The zero-order chi connectivity index (χ0) is 16.2. The summed E-state index contributed by atoms with van der Waals surface area (Å²) in [5.74, 6) is -0.255. The van der Waals surface area contributed by atoms with Crippen LogP contribution in [0.5, 0.6) is 0 Å². The Morgan fingerprint density at radius 3 is 2.52 bits per heavy atom. The monoisotopic (exact) mass is 317 g/mol. The van der Waals surface area contributed by atoms with Crippen molar-refractivity contribution in [1.82, 2.24) is 9.80 Å². The molecule has 126 valence electrons. The van der Waals surface area contributed by atoms with E-state index in [1.54, 1.807) is 0 Å². The van der Waals surface area contributed by atoms with Gasteiger partial charge in [0.25, 0.3) is 0 Å². The molecule has 1 aromatic rings. The van der Waals surface area contributed by atoms with Gasteiger partial charge >= 0.3 is 0 Å². The smallest absolute Gasteiger partial charge is 0.239 e. The molecule has 0 spiro atoms. The van der Waals surface area contributed by atoms with Crippen LogP contribution in [-0.4, -0.2) is 60.6 Å². The number of likely N-dealkylation sites (tertiary alicyclic amines) is 1. The highest BCUT2D eigenvalue weighted by atomic mass is 16.5. The summed E-state index contributed by atoms with van der Waals surface area (Å²) in [6.07, 6.45) is 2.50. The SMILES string of the molecule is C[C@H]1CN(C2CCN([C@H](C(N)=O)c3ccccc3)CC2)CCO1. The summed E-state index contributed by atoms with van der Waals surface area (Å²) in [6, 6.07) is 10.2. The first-order valence-corrected chi connectivity index (χ1v) is 8.59. The summed E-state index contributed by atoms with van der Waals surface area (Å²) in [5, 5.41) is 0. The van der Waals surface area contributed by atoms with Gasteiger partial charge in [0.05, 0.1) is 12.7 Å². The lowest BCUT2D eigenvalue weighted by atomic mass is 9.97. The average molecular weight is 317 g/mol. The lowest BCUT2D eigenvalue weighted by Crippen LogP contribution is -2.52. The van der Waals surface area contributed by atoms with Crippen molar-refractivity contribution in [1.29, 1.82) is 0 Å². The minimum absolute atomic E-state index is 0.255. The van der Waals surface area contributed by atoms with Crippen LogP contribution >= 0.6 is 0 Å². The first-order chi connectivity index (χ1) is 11.1. The third-order valence-corrected chi connectivity index (χ3v) is 5.04. The van der Waals surface area contributed by atoms with Gasteiger partial charge in [0, 0.05) is 32.2 Å². The fourth-order valence-corrected chi connectivity index (χ4v) is 3.88. The van der Waals surface area contributed by atoms with Crippen molar-refractivity contribution in [2.75, 3.05) is 32.8 Å². The van der Waals surface area contributed by atoms with E-state index in [2.05, 4.69) is 16.7 Å². The predicted molar refractivity (Wildman–Crippen MR) is 90.0 cm³/mol. The van der Waals surface area contributed by atoms with E-state index in [0.717, 1.165) is 51.2 Å². The van der Waals surface area contributed by atoms with Gasteiger partial charge in [-0.2, -0.15) is 0 Å². The van der Waals surface area contributed by atoms with Gasteiger partial charge in [-0.25, -0.2) is 0 Å². The maximum atomic E-state index is 12.0. The van der Waals surface area contributed by atoms with Crippen LogP contribution in [0.3, 0.4) is 0 Å². The van der Waals surface area contributed by atoms with Crippen LogP contribution in [0.15, 0.2) is 30.3 Å². The molecule has 2 heterocycles. The molecular formula is C18H27N3O2. The van der Waals surface area contributed by atoms with Gasteiger partial charge in [0.2, 0.25) is 5.91 Å². The molecule has 2 atom stereocenters. The maximum Gasteiger partial charge on any atom is 0.239 e. The number of piperidine rings is 1. The Morgan fingerprint density at radius 2 is 1.91 bits per heavy atom. The molecule has 2 fully saturated rings. The summed E-state index contributed by atoms with van der Waals surface area (Å²) in [4.78, 5) is 16.8. The molecule has 0 saturated carbocycles. The second-order valence-corrected chi connectivity index (χ2v) is 6.66. The Labute approximate surface area is 138 Å². The molecule has 0 aliphatic carbocycles. The normalized spacial score (nSPS) is 26.0. The third-order valence-electron chi connectivity index (χ3n) is 5.04. The molecule has 23 heavy (non-hydrogen) atoms. The summed E-state index contributed by atoms with van der Waals surface area (Å²) >= 11 is 0. The van der Waals surface area contributed by atoms with Gasteiger partial charge in [-0.15, -0.1) is 0 Å². The first kappa shape index (κ1) is 16.4. The van der Waals surface area contributed by atoms with E-state index in [9.17, 15) is 4.79 Å². The third kappa shape index (κ3) is 3.91. The van der Waals surface area contributed by atoms with Crippen LogP contribution in [-0.2, 0) is 9.53 Å². The topological polar surface area (TPSA) is 58.8 Å². The predicted octanol–water partition coefficient (Wildman–Crippen LogP) is 1.40. The van der Waals surface area contributed by atoms with E-state index in [-0.39, 0.29) is 11.9 Å². The van der Waals surface area contributed by atoms with Crippen LogP contribution in [0, 0.1) is 0 Å². The highest BCUT2D eigenvalue weighted by molar-refractivity contribution is 5.81. The maximum absolute atomic E-state index is 12.0. The molecule has 2 aliphatic rings. The van der Waals surface area contributed by atoms with E-state index in [1.165, 1.54) is 0 Å². The number of ether oxygens (including phenoxy) is 1. The zero-order valence-corrected chi connectivity index (χ0v) is 13.9. The number of benzene rings is 1. The Hall–Kier alpha value is -1.43. The number of morpholine rings is 1. The highest BCUT2D eigenvalue weighted by Crippen LogP contribution is 2.27. The molecule has 0 radical (unpaired) electrons. The number of rotatable bonds is 4. The Balaban J connectivity index is 1.62. The second-order valence-electron chi connectivity index (χ2n) is 6.66. The summed E-state index contributed by atoms with van der Waals surface area (Å²) < 4.78 is 5.63. The van der Waals surface area contributed by atoms with Gasteiger partial charge in [-0.05, 0) is 25.3 Å². The Morgan fingerprint density at radius 1 is 1.22 bits per heavy atom. The van der Waals surface area contributed by atoms with Crippen LogP contribution < -0.4 is 5.73 Å². The quantitative estimate of drug-likeness (QED) is 0.912. The molecule has 0 bridgehead atoms. The summed E-state index contributed by atoms with van der Waals surface area (Å²) in [7, 11) is 0. The van der Waals surface area contributed by atoms with Gasteiger partial charge in [0.1, 0.15) is 6.04 Å². The van der Waals surface area contributed by atoms with Crippen LogP contribution in [0.25, 0.3) is 0 Å². The van der Waals surface area contributed by atoms with Crippen molar-refractivity contribution < 1.29 is 9.53 Å². The number of carbonyl (C=O) groups excluding carboxylic acids is 1.